The Kier molecular flexibility index (Phi) is 4.23. The predicted octanol–water partition coefficient (Wildman–Crippen LogP) is 2.23. The van der Waals surface area contributed by atoms with Crippen molar-refractivity contribution in [2.24, 2.45) is 0 Å². The second kappa shape index (κ2) is 4.58. The summed E-state index contributed by atoms with van der Waals surface area (Å²) in [6.45, 7) is 1.18. The Morgan fingerprint density at radius 1 is 1.20 bits per heavy atom. The van der Waals surface area contributed by atoms with Crippen molar-refractivity contribution in [2.45, 2.75) is 25.4 Å². The lowest BCUT2D eigenvalue weighted by atomic mass is 10.3. The smallest absolute Gasteiger partial charge is 0.427 e. The third-order valence-electron chi connectivity index (χ3n) is 1.14. The van der Waals surface area contributed by atoms with E-state index in [4.69, 9.17) is 0 Å². The van der Waals surface area contributed by atoms with Gasteiger partial charge in [0.2, 0.25) is 0 Å². The van der Waals surface area contributed by atoms with Crippen molar-refractivity contribution in [3.05, 3.63) is 0 Å². The fourth-order valence-corrected chi connectivity index (χ4v) is 0.612. The maximum Gasteiger partial charge on any atom is 0.434 e. The normalized spacial score (nSPS) is 12.8. The number of hydrogen-bond acceptors (Lipinski definition) is 2. The molecule has 0 saturated carbocycles. The van der Waals surface area contributed by atoms with Crippen molar-refractivity contribution in [3.63, 3.8) is 0 Å². The van der Waals surface area contributed by atoms with Crippen molar-refractivity contribution in [2.75, 3.05) is 6.54 Å². The van der Waals surface area contributed by atoms with E-state index in [0.29, 0.717) is 0 Å². The molecular formula is C6H7F6NO2. The number of amides is 1. The van der Waals surface area contributed by atoms with Crippen LogP contribution in [0.1, 0.15) is 6.92 Å². The van der Waals surface area contributed by atoms with E-state index in [1.54, 1.807) is 5.32 Å². The van der Waals surface area contributed by atoms with Crippen LogP contribution >= 0.6 is 0 Å². The van der Waals surface area contributed by atoms with Gasteiger partial charge in [0.05, 0.1) is 0 Å². The molecule has 0 aliphatic heterocycles. The van der Waals surface area contributed by atoms with Crippen LogP contribution in [0.3, 0.4) is 0 Å². The highest BCUT2D eigenvalue weighted by Crippen LogP contribution is 2.35. The first-order valence-electron chi connectivity index (χ1n) is 3.67. The fraction of sp³-hybridized carbons (Fsp3) is 0.833. The molecule has 3 nitrogen and oxygen atoms in total. The summed E-state index contributed by atoms with van der Waals surface area (Å²) in [5, 5.41) is 1.66. The summed E-state index contributed by atoms with van der Waals surface area (Å²) in [4.78, 5) is 10.4. The van der Waals surface area contributed by atoms with Gasteiger partial charge >= 0.3 is 18.4 Å². The van der Waals surface area contributed by atoms with Crippen molar-refractivity contribution in [3.8, 4) is 0 Å². The molecule has 0 aromatic rings. The van der Waals surface area contributed by atoms with Crippen LogP contribution in [0.25, 0.3) is 0 Å². The number of halogens is 6. The number of alkyl halides is 6. The fourth-order valence-electron chi connectivity index (χ4n) is 0.612. The van der Waals surface area contributed by atoms with Crippen molar-refractivity contribution in [1.82, 2.24) is 5.32 Å². The number of alkyl carbamates (subject to hydrolysis) is 1. The maximum atomic E-state index is 11.8. The molecule has 90 valence electrons. The second-order valence-corrected chi connectivity index (χ2v) is 2.40. The van der Waals surface area contributed by atoms with Gasteiger partial charge in [-0.15, -0.1) is 0 Å². The first kappa shape index (κ1) is 13.8. The van der Waals surface area contributed by atoms with Crippen molar-refractivity contribution >= 4 is 6.09 Å². The van der Waals surface area contributed by atoms with Gasteiger partial charge in [0.25, 0.3) is 6.10 Å². The van der Waals surface area contributed by atoms with Crippen LogP contribution in [0.2, 0.25) is 0 Å². The monoisotopic (exact) mass is 239 g/mol. The number of nitrogens with one attached hydrogen (secondary N) is 1. The van der Waals surface area contributed by atoms with E-state index in [2.05, 4.69) is 4.74 Å². The molecule has 0 aromatic carbocycles. The average molecular weight is 239 g/mol. The van der Waals surface area contributed by atoms with Gasteiger partial charge in [-0.3, -0.25) is 0 Å². The molecule has 0 unspecified atom stereocenters. The summed E-state index contributed by atoms with van der Waals surface area (Å²) in [6.07, 6.45) is -17.2. The highest BCUT2D eigenvalue weighted by molar-refractivity contribution is 5.67. The Hall–Kier alpha value is -1.15. The van der Waals surface area contributed by atoms with Gasteiger partial charge in [0.15, 0.2) is 0 Å². The topological polar surface area (TPSA) is 38.3 Å². The van der Waals surface area contributed by atoms with Gasteiger partial charge in [0, 0.05) is 6.54 Å². The lowest BCUT2D eigenvalue weighted by molar-refractivity contribution is -0.306. The zero-order valence-corrected chi connectivity index (χ0v) is 7.37. The number of rotatable bonds is 2. The number of carbonyl (C=O) groups is 1. The third kappa shape index (κ3) is 4.75. The summed E-state index contributed by atoms with van der Waals surface area (Å²) >= 11 is 0. The van der Waals surface area contributed by atoms with Crippen LogP contribution in [0.4, 0.5) is 31.1 Å². The molecular weight excluding hydrogens is 232 g/mol. The predicted molar refractivity (Wildman–Crippen MR) is 36.1 cm³/mol. The Balaban J connectivity index is 4.62. The minimum Gasteiger partial charge on any atom is -0.427 e. The number of carbonyl (C=O) groups excluding carboxylic acids is 1. The largest absolute Gasteiger partial charge is 0.434 e. The molecule has 1 amide bonds. The molecule has 9 heteroatoms. The molecule has 0 radical (unpaired) electrons. The highest BCUT2D eigenvalue weighted by Gasteiger charge is 2.59. The molecule has 0 bridgehead atoms. The van der Waals surface area contributed by atoms with Gasteiger partial charge in [-0.05, 0) is 6.92 Å². The summed E-state index contributed by atoms with van der Waals surface area (Å²) in [5.41, 5.74) is 0. The summed E-state index contributed by atoms with van der Waals surface area (Å²) in [7, 11) is 0. The molecule has 0 rings (SSSR count). The van der Waals surface area contributed by atoms with Crippen LogP contribution < -0.4 is 5.32 Å². The standard InChI is InChI=1S/C6H7F6NO2/c1-2-13-4(14)15-3(5(7,8)9)6(10,11)12/h3H,2H2,1H3,(H,13,14). The molecule has 1 N–H and O–H groups in total. The van der Waals surface area contributed by atoms with Crippen LogP contribution in [-0.4, -0.2) is 31.1 Å². The van der Waals surface area contributed by atoms with Gasteiger partial charge in [-0.25, -0.2) is 4.79 Å². The molecule has 0 heterocycles. The van der Waals surface area contributed by atoms with Gasteiger partial charge in [-0.2, -0.15) is 26.3 Å². The zero-order chi connectivity index (χ0) is 12.3. The molecule has 15 heavy (non-hydrogen) atoms. The van der Waals surface area contributed by atoms with Crippen molar-refractivity contribution in [1.29, 1.82) is 0 Å². The van der Waals surface area contributed by atoms with Crippen LogP contribution in [0, 0.1) is 0 Å². The number of ether oxygens (including phenoxy) is 1. The lowest BCUT2D eigenvalue weighted by Gasteiger charge is -2.22. The van der Waals surface area contributed by atoms with Crippen LogP contribution in [0.5, 0.6) is 0 Å². The molecule has 0 aliphatic rings. The molecule has 0 aromatic heterocycles. The second-order valence-electron chi connectivity index (χ2n) is 2.40. The molecule has 0 aliphatic carbocycles. The minimum atomic E-state index is -5.68. The Bertz CT molecular complexity index is 209. The van der Waals surface area contributed by atoms with Crippen molar-refractivity contribution < 1.29 is 35.9 Å². The SMILES string of the molecule is CCNC(=O)OC(C(F)(F)F)C(F)(F)F. The Morgan fingerprint density at radius 3 is 1.87 bits per heavy atom. The van der Waals surface area contributed by atoms with Gasteiger partial charge in [-0.1, -0.05) is 0 Å². The van der Waals surface area contributed by atoms with E-state index in [9.17, 15) is 31.1 Å². The summed E-state index contributed by atoms with van der Waals surface area (Å²) in [6, 6.07) is 0. The van der Waals surface area contributed by atoms with Gasteiger partial charge < -0.3 is 10.1 Å². The van der Waals surface area contributed by atoms with E-state index in [0.717, 1.165) is 0 Å². The number of hydrogen-bond donors (Lipinski definition) is 1. The Morgan fingerprint density at radius 2 is 1.60 bits per heavy atom. The van der Waals surface area contributed by atoms with E-state index in [1.807, 2.05) is 0 Å². The Labute approximate surface area is 80.4 Å². The van der Waals surface area contributed by atoms with E-state index in [-0.39, 0.29) is 6.54 Å². The van der Waals surface area contributed by atoms with Gasteiger partial charge in [0.1, 0.15) is 0 Å². The van der Waals surface area contributed by atoms with Crippen LogP contribution in [0.15, 0.2) is 0 Å². The quantitative estimate of drug-likeness (QED) is 0.750. The van der Waals surface area contributed by atoms with E-state index < -0.39 is 24.5 Å². The average Bonchev–Trinajstić information content (AvgIpc) is 1.96. The van der Waals surface area contributed by atoms with Crippen LogP contribution in [-0.2, 0) is 4.74 Å². The zero-order valence-electron chi connectivity index (χ0n) is 7.37. The highest BCUT2D eigenvalue weighted by atomic mass is 19.4. The molecule has 0 saturated heterocycles. The third-order valence-corrected chi connectivity index (χ3v) is 1.14. The van der Waals surface area contributed by atoms with E-state index in [1.165, 1.54) is 6.92 Å². The summed E-state index contributed by atoms with van der Waals surface area (Å²) < 4.78 is 74.0. The minimum absolute atomic E-state index is 0.138. The van der Waals surface area contributed by atoms with E-state index >= 15 is 0 Å². The maximum absolute atomic E-state index is 11.8. The molecule has 0 atom stereocenters. The summed E-state index contributed by atoms with van der Waals surface area (Å²) in [5.74, 6) is 0. The molecule has 0 fully saturated rings. The first-order chi connectivity index (χ1) is 6.59. The first-order valence-corrected chi connectivity index (χ1v) is 3.67. The lowest BCUT2D eigenvalue weighted by Crippen LogP contribution is -2.47. The molecule has 0 spiro atoms.